The molecule has 3 aromatic carbocycles. The van der Waals surface area contributed by atoms with Crippen LogP contribution in [0.3, 0.4) is 0 Å². The van der Waals surface area contributed by atoms with Crippen LogP contribution in [0.25, 0.3) is 21.7 Å². The first-order chi connectivity index (χ1) is 11.2. The quantitative estimate of drug-likeness (QED) is 0.400. The molecule has 0 radical (unpaired) electrons. The van der Waals surface area contributed by atoms with Gasteiger partial charge in [0.25, 0.3) is 0 Å². The Morgan fingerprint density at radius 2 is 1.48 bits per heavy atom. The van der Waals surface area contributed by atoms with Crippen LogP contribution in [0.15, 0.2) is 75.9 Å². The fourth-order valence-electron chi connectivity index (χ4n) is 2.74. The molecule has 0 atom stereocenters. The molecule has 1 aromatic heterocycles. The maximum atomic E-state index is 12.2. The van der Waals surface area contributed by atoms with Gasteiger partial charge in [0.1, 0.15) is 5.58 Å². The Labute approximate surface area is 137 Å². The van der Waals surface area contributed by atoms with Crippen LogP contribution in [-0.2, 0) is 0 Å². The molecule has 4 rings (SSSR count). The van der Waals surface area contributed by atoms with Crippen molar-refractivity contribution in [2.45, 2.75) is 0 Å². The Morgan fingerprint density at radius 1 is 0.783 bits per heavy atom. The van der Waals surface area contributed by atoms with Gasteiger partial charge >= 0.3 is 5.63 Å². The average molecular weight is 322 g/mol. The van der Waals surface area contributed by atoms with Gasteiger partial charge in [0.2, 0.25) is 0 Å². The highest BCUT2D eigenvalue weighted by atomic mass is 35.5. The van der Waals surface area contributed by atoms with E-state index in [0.717, 1.165) is 22.1 Å². The molecule has 1 N–H and O–H groups in total. The second-order valence-corrected chi connectivity index (χ2v) is 5.63. The highest BCUT2D eigenvalue weighted by Crippen LogP contribution is 2.33. The van der Waals surface area contributed by atoms with E-state index in [1.807, 2.05) is 54.6 Å². The summed E-state index contributed by atoms with van der Waals surface area (Å²) >= 11 is 6.23. The van der Waals surface area contributed by atoms with Crippen molar-refractivity contribution in [1.29, 1.82) is 0 Å². The standard InChI is InChI=1S/C19H12ClNO2/c20-14-8-2-3-9-15(14)21-16-10-5-7-13-18(16)12-6-1-4-11-17(12)23-19(13)22/h1-11,21H. The number of nitrogens with one attached hydrogen (secondary N) is 1. The molecule has 3 nitrogen and oxygen atoms in total. The molecule has 112 valence electrons. The lowest BCUT2D eigenvalue weighted by Crippen LogP contribution is -2.02. The topological polar surface area (TPSA) is 42.2 Å². The molecule has 4 heteroatoms. The van der Waals surface area contributed by atoms with Crippen LogP contribution in [0.1, 0.15) is 0 Å². The first-order valence-electron chi connectivity index (χ1n) is 7.20. The van der Waals surface area contributed by atoms with Gasteiger partial charge < -0.3 is 9.73 Å². The van der Waals surface area contributed by atoms with Crippen molar-refractivity contribution >= 4 is 44.7 Å². The van der Waals surface area contributed by atoms with E-state index in [9.17, 15) is 4.79 Å². The monoisotopic (exact) mass is 321 g/mol. The highest BCUT2D eigenvalue weighted by Gasteiger charge is 2.11. The molecule has 4 aromatic rings. The number of halogens is 1. The molecule has 0 aliphatic rings. The summed E-state index contributed by atoms with van der Waals surface area (Å²) in [7, 11) is 0. The molecule has 1 heterocycles. The second-order valence-electron chi connectivity index (χ2n) is 5.22. The number of hydrogen-bond donors (Lipinski definition) is 1. The maximum absolute atomic E-state index is 12.2. The van der Waals surface area contributed by atoms with Crippen molar-refractivity contribution in [2.24, 2.45) is 0 Å². The Bertz CT molecular complexity index is 1090. The van der Waals surface area contributed by atoms with Crippen LogP contribution >= 0.6 is 11.6 Å². The zero-order valence-electron chi connectivity index (χ0n) is 12.0. The minimum atomic E-state index is -0.346. The van der Waals surface area contributed by atoms with E-state index >= 15 is 0 Å². The van der Waals surface area contributed by atoms with E-state index in [2.05, 4.69) is 5.32 Å². The third-order valence-electron chi connectivity index (χ3n) is 3.79. The number of benzene rings is 3. The van der Waals surface area contributed by atoms with Gasteiger partial charge in [0.05, 0.1) is 16.1 Å². The Balaban J connectivity index is 2.04. The van der Waals surface area contributed by atoms with Crippen molar-refractivity contribution in [1.82, 2.24) is 0 Å². The summed E-state index contributed by atoms with van der Waals surface area (Å²) in [6.07, 6.45) is 0. The molecule has 0 amide bonds. The van der Waals surface area contributed by atoms with Crippen LogP contribution in [0.4, 0.5) is 11.4 Å². The largest absolute Gasteiger partial charge is 0.422 e. The predicted octanol–water partition coefficient (Wildman–Crippen LogP) is 5.34. The number of hydrogen-bond acceptors (Lipinski definition) is 3. The lowest BCUT2D eigenvalue weighted by molar-refractivity contribution is 0.569. The van der Waals surface area contributed by atoms with E-state index in [4.69, 9.17) is 16.0 Å². The van der Waals surface area contributed by atoms with Gasteiger partial charge in [-0.2, -0.15) is 0 Å². The lowest BCUT2D eigenvalue weighted by atomic mass is 10.1. The van der Waals surface area contributed by atoms with Gasteiger partial charge in [-0.05, 0) is 30.3 Å². The average Bonchev–Trinajstić information content (AvgIpc) is 2.57. The summed E-state index contributed by atoms with van der Waals surface area (Å²) in [4.78, 5) is 12.2. The number of anilines is 2. The van der Waals surface area contributed by atoms with Gasteiger partial charge in [0, 0.05) is 16.5 Å². The van der Waals surface area contributed by atoms with Crippen molar-refractivity contribution in [3.63, 3.8) is 0 Å². The van der Waals surface area contributed by atoms with Gasteiger partial charge in [-0.3, -0.25) is 0 Å². The Kier molecular flexibility index (Phi) is 3.28. The summed E-state index contributed by atoms with van der Waals surface area (Å²) < 4.78 is 5.39. The molecular formula is C19H12ClNO2. The van der Waals surface area contributed by atoms with Crippen LogP contribution < -0.4 is 10.9 Å². The smallest absolute Gasteiger partial charge is 0.344 e. The first kappa shape index (κ1) is 13.9. The maximum Gasteiger partial charge on any atom is 0.344 e. The van der Waals surface area contributed by atoms with Crippen molar-refractivity contribution in [3.8, 4) is 0 Å². The minimum absolute atomic E-state index is 0.346. The van der Waals surface area contributed by atoms with Gasteiger partial charge in [-0.15, -0.1) is 0 Å². The van der Waals surface area contributed by atoms with Crippen LogP contribution in [0, 0.1) is 0 Å². The van der Waals surface area contributed by atoms with Gasteiger partial charge in [0.15, 0.2) is 0 Å². The van der Waals surface area contributed by atoms with E-state index in [1.54, 1.807) is 12.1 Å². The molecule has 0 spiro atoms. The van der Waals surface area contributed by atoms with Gasteiger partial charge in [-0.25, -0.2) is 4.79 Å². The second kappa shape index (κ2) is 5.45. The molecule has 0 aliphatic heterocycles. The van der Waals surface area contributed by atoms with E-state index in [-0.39, 0.29) is 5.63 Å². The van der Waals surface area contributed by atoms with Gasteiger partial charge in [-0.1, -0.05) is 48.0 Å². The third-order valence-corrected chi connectivity index (χ3v) is 4.12. The summed E-state index contributed by atoms with van der Waals surface area (Å²) in [6.45, 7) is 0. The SMILES string of the molecule is O=c1oc2ccccc2c2c(Nc3ccccc3Cl)cccc12. The zero-order valence-corrected chi connectivity index (χ0v) is 12.8. The molecule has 0 fully saturated rings. The van der Waals surface area contributed by atoms with E-state index < -0.39 is 0 Å². The Hall–Kier alpha value is -2.78. The van der Waals surface area contributed by atoms with Crippen molar-refractivity contribution in [3.05, 3.63) is 82.2 Å². The number of fused-ring (bicyclic) bond motifs is 3. The Morgan fingerprint density at radius 3 is 2.35 bits per heavy atom. The van der Waals surface area contributed by atoms with Crippen LogP contribution in [-0.4, -0.2) is 0 Å². The molecule has 0 unspecified atom stereocenters. The fraction of sp³-hybridized carbons (Fsp3) is 0. The summed E-state index contributed by atoms with van der Waals surface area (Å²) in [5.74, 6) is 0. The van der Waals surface area contributed by atoms with E-state index in [0.29, 0.717) is 16.0 Å². The van der Waals surface area contributed by atoms with Crippen LogP contribution in [0.5, 0.6) is 0 Å². The predicted molar refractivity (Wildman–Crippen MR) is 94.7 cm³/mol. The normalized spacial score (nSPS) is 11.0. The molecular weight excluding hydrogens is 310 g/mol. The van der Waals surface area contributed by atoms with Crippen molar-refractivity contribution < 1.29 is 4.42 Å². The summed E-state index contributed by atoms with van der Waals surface area (Å²) in [6, 6.07) is 20.5. The third kappa shape index (κ3) is 2.35. The minimum Gasteiger partial charge on any atom is -0.422 e. The summed E-state index contributed by atoms with van der Waals surface area (Å²) in [5.41, 5.74) is 1.83. The highest BCUT2D eigenvalue weighted by molar-refractivity contribution is 6.33. The van der Waals surface area contributed by atoms with E-state index in [1.165, 1.54) is 0 Å². The molecule has 23 heavy (non-hydrogen) atoms. The number of para-hydroxylation sites is 2. The number of rotatable bonds is 2. The lowest BCUT2D eigenvalue weighted by Gasteiger charge is -2.12. The van der Waals surface area contributed by atoms with Crippen molar-refractivity contribution in [2.75, 3.05) is 5.32 Å². The zero-order chi connectivity index (χ0) is 15.8. The fourth-order valence-corrected chi connectivity index (χ4v) is 2.92. The molecule has 0 aliphatic carbocycles. The molecule has 0 bridgehead atoms. The summed E-state index contributed by atoms with van der Waals surface area (Å²) in [5, 5.41) is 6.21. The molecule has 0 saturated heterocycles. The van der Waals surface area contributed by atoms with Crippen LogP contribution in [0.2, 0.25) is 5.02 Å². The molecule has 0 saturated carbocycles. The first-order valence-corrected chi connectivity index (χ1v) is 7.58.